The van der Waals surface area contributed by atoms with Crippen molar-refractivity contribution in [1.29, 1.82) is 0 Å². The number of hydrogen-bond donors (Lipinski definition) is 2. The van der Waals surface area contributed by atoms with Crippen LogP contribution < -0.4 is 10.6 Å². The smallest absolute Gasteiger partial charge is 0.255 e. The second-order valence-corrected chi connectivity index (χ2v) is 10.0. The number of para-hydroxylation sites is 2. The highest BCUT2D eigenvalue weighted by molar-refractivity contribution is 6.53. The van der Waals surface area contributed by atoms with E-state index in [9.17, 15) is 9.59 Å². The number of amides is 2. The average Bonchev–Trinajstić information content (AvgIpc) is 3.29. The van der Waals surface area contributed by atoms with Gasteiger partial charge in [0.25, 0.3) is 11.8 Å². The molecule has 2 N–H and O–H groups in total. The van der Waals surface area contributed by atoms with Gasteiger partial charge in [-0.3, -0.25) is 9.59 Å². The van der Waals surface area contributed by atoms with Crippen molar-refractivity contribution in [2.45, 2.75) is 15.7 Å². The summed E-state index contributed by atoms with van der Waals surface area (Å²) in [5.74, 6) is -0.805. The van der Waals surface area contributed by atoms with Gasteiger partial charge in [-0.05, 0) is 59.7 Å². The lowest BCUT2D eigenvalue weighted by molar-refractivity contribution is 0.101. The number of nitrogens with one attached hydrogen (secondary N) is 2. The predicted molar refractivity (Wildman–Crippen MR) is 142 cm³/mol. The molecule has 2 amide bonds. The molecule has 1 saturated carbocycles. The molecule has 0 aromatic heterocycles. The molecule has 5 rings (SSSR count). The van der Waals surface area contributed by atoms with Crippen LogP contribution in [0.4, 0.5) is 20.2 Å². The molecule has 1 aliphatic carbocycles. The molecular formula is C29H20Cl2F2N2O2. The summed E-state index contributed by atoms with van der Waals surface area (Å²) < 4.78 is 29.9. The van der Waals surface area contributed by atoms with Crippen molar-refractivity contribution < 1.29 is 18.4 Å². The fourth-order valence-electron chi connectivity index (χ4n) is 4.33. The van der Waals surface area contributed by atoms with Crippen LogP contribution in [0.15, 0.2) is 109 Å². The van der Waals surface area contributed by atoms with Crippen LogP contribution in [0.5, 0.6) is 0 Å². The molecule has 1 aliphatic rings. The molecule has 0 bridgehead atoms. The van der Waals surface area contributed by atoms with Gasteiger partial charge < -0.3 is 10.6 Å². The Bertz CT molecular complexity index is 1340. The molecule has 4 aromatic rings. The second-order valence-electron chi connectivity index (χ2n) is 8.69. The largest absolute Gasteiger partial charge is 0.322 e. The first-order valence-corrected chi connectivity index (χ1v) is 12.1. The van der Waals surface area contributed by atoms with Crippen LogP contribution in [0, 0.1) is 0 Å². The molecule has 0 radical (unpaired) electrons. The first kappa shape index (κ1) is 24.9. The molecule has 37 heavy (non-hydrogen) atoms. The third-order valence-corrected chi connectivity index (χ3v) is 7.47. The van der Waals surface area contributed by atoms with Crippen molar-refractivity contribution in [3.63, 3.8) is 0 Å². The standard InChI is InChI=1S/C29H20Cl2F2N2O2/c30-29(31)27(32,21-15-11-19(12-16-21)25(36)34-23-7-3-1-4-8-23)28(29,33)22-17-13-20(14-18-22)26(37)35-24-9-5-2-6-10-24/h1-18H,(H,34,36)(H,35,37). The maximum absolute atomic E-state index is 16.2. The zero-order valence-corrected chi connectivity index (χ0v) is 20.7. The number of alkyl halides is 4. The van der Waals surface area contributed by atoms with E-state index < -0.39 is 27.5 Å². The van der Waals surface area contributed by atoms with Crippen LogP contribution in [0.3, 0.4) is 0 Å². The Morgan fingerprint density at radius 2 is 0.865 bits per heavy atom. The Labute approximate surface area is 222 Å². The maximum atomic E-state index is 16.2. The molecule has 0 heterocycles. The monoisotopic (exact) mass is 536 g/mol. The average molecular weight is 537 g/mol. The molecule has 2 unspecified atom stereocenters. The van der Waals surface area contributed by atoms with E-state index in [0.717, 1.165) is 0 Å². The third kappa shape index (κ3) is 4.06. The molecule has 186 valence electrons. The predicted octanol–water partition coefficient (Wildman–Crippen LogP) is 7.41. The summed E-state index contributed by atoms with van der Waals surface area (Å²) in [4.78, 5) is 25.0. The Balaban J connectivity index is 1.35. The second kappa shape index (κ2) is 9.29. The SMILES string of the molecule is O=C(Nc1ccccc1)c1ccc(C2(F)C(Cl)(Cl)C2(F)c2ccc(C(=O)Nc3ccccc3)cc2)cc1. The minimum Gasteiger partial charge on any atom is -0.322 e. The van der Waals surface area contributed by atoms with E-state index in [1.54, 1.807) is 48.5 Å². The van der Waals surface area contributed by atoms with Gasteiger partial charge in [-0.25, -0.2) is 8.78 Å². The number of rotatable bonds is 6. The van der Waals surface area contributed by atoms with Gasteiger partial charge in [-0.15, -0.1) is 0 Å². The van der Waals surface area contributed by atoms with E-state index in [1.807, 2.05) is 12.1 Å². The number of carbonyl (C=O) groups excluding carboxylic acids is 2. The van der Waals surface area contributed by atoms with Crippen LogP contribution in [-0.2, 0) is 11.3 Å². The zero-order chi connectivity index (χ0) is 26.3. The van der Waals surface area contributed by atoms with Crippen molar-refractivity contribution in [2.75, 3.05) is 10.6 Å². The lowest BCUT2D eigenvalue weighted by Crippen LogP contribution is -2.16. The number of hydrogen-bond acceptors (Lipinski definition) is 2. The van der Waals surface area contributed by atoms with E-state index in [0.29, 0.717) is 11.4 Å². The van der Waals surface area contributed by atoms with Crippen molar-refractivity contribution in [1.82, 2.24) is 0 Å². The Hall–Kier alpha value is -3.74. The van der Waals surface area contributed by atoms with Gasteiger partial charge in [-0.2, -0.15) is 0 Å². The van der Waals surface area contributed by atoms with Gasteiger partial charge in [0.2, 0.25) is 15.7 Å². The molecular weight excluding hydrogens is 517 g/mol. The molecule has 4 nitrogen and oxygen atoms in total. The number of carbonyl (C=O) groups is 2. The van der Waals surface area contributed by atoms with E-state index in [4.69, 9.17) is 23.2 Å². The minimum atomic E-state index is -2.77. The fourth-order valence-corrected chi connectivity index (χ4v) is 5.19. The quantitative estimate of drug-likeness (QED) is 0.252. The Morgan fingerprint density at radius 3 is 1.19 bits per heavy atom. The lowest BCUT2D eigenvalue weighted by atomic mass is 9.98. The molecule has 2 atom stereocenters. The Kier molecular flexibility index (Phi) is 6.26. The van der Waals surface area contributed by atoms with Crippen molar-refractivity contribution in [3.8, 4) is 0 Å². The van der Waals surface area contributed by atoms with E-state index in [2.05, 4.69) is 10.6 Å². The van der Waals surface area contributed by atoms with Crippen molar-refractivity contribution in [2.24, 2.45) is 0 Å². The van der Waals surface area contributed by atoms with E-state index in [-0.39, 0.29) is 22.3 Å². The molecule has 1 fully saturated rings. The molecule has 0 aliphatic heterocycles. The summed E-state index contributed by atoms with van der Waals surface area (Å²) in [6.45, 7) is 0. The zero-order valence-electron chi connectivity index (χ0n) is 19.2. The highest BCUT2D eigenvalue weighted by atomic mass is 35.5. The fraction of sp³-hybridized carbons (Fsp3) is 0.103. The van der Waals surface area contributed by atoms with Gasteiger partial charge in [0.15, 0.2) is 0 Å². The summed E-state index contributed by atoms with van der Waals surface area (Å²) in [7, 11) is 0. The molecule has 4 aromatic carbocycles. The van der Waals surface area contributed by atoms with Crippen LogP contribution in [0.25, 0.3) is 0 Å². The summed E-state index contributed by atoms with van der Waals surface area (Å²) in [6, 6.07) is 28.4. The normalized spacial score (nSPS) is 21.6. The van der Waals surface area contributed by atoms with E-state index in [1.165, 1.54) is 48.5 Å². The third-order valence-electron chi connectivity index (χ3n) is 6.43. The van der Waals surface area contributed by atoms with Crippen LogP contribution >= 0.6 is 23.2 Å². The van der Waals surface area contributed by atoms with Crippen molar-refractivity contribution in [3.05, 3.63) is 131 Å². The highest BCUT2D eigenvalue weighted by Crippen LogP contribution is 2.80. The van der Waals surface area contributed by atoms with Gasteiger partial charge in [0.1, 0.15) is 0 Å². The van der Waals surface area contributed by atoms with Gasteiger partial charge in [-0.1, -0.05) is 83.9 Å². The topological polar surface area (TPSA) is 58.2 Å². The van der Waals surface area contributed by atoms with Gasteiger partial charge in [0, 0.05) is 22.5 Å². The van der Waals surface area contributed by atoms with Crippen molar-refractivity contribution >= 4 is 46.4 Å². The summed E-state index contributed by atoms with van der Waals surface area (Å²) in [5, 5.41) is 5.46. The summed E-state index contributed by atoms with van der Waals surface area (Å²) in [5.41, 5.74) is -4.05. The van der Waals surface area contributed by atoms with Crippen LogP contribution in [0.1, 0.15) is 31.8 Å². The number of halogens is 4. The van der Waals surface area contributed by atoms with E-state index >= 15 is 8.78 Å². The minimum absolute atomic E-state index is 0.109. The molecule has 0 saturated heterocycles. The maximum Gasteiger partial charge on any atom is 0.255 e. The van der Waals surface area contributed by atoms with Gasteiger partial charge >= 0.3 is 0 Å². The first-order chi connectivity index (χ1) is 17.7. The number of anilines is 2. The van der Waals surface area contributed by atoms with Crippen LogP contribution in [0.2, 0.25) is 0 Å². The van der Waals surface area contributed by atoms with Gasteiger partial charge in [0.05, 0.1) is 0 Å². The molecule has 0 spiro atoms. The first-order valence-electron chi connectivity index (χ1n) is 11.4. The highest BCUT2D eigenvalue weighted by Gasteiger charge is 2.92. The summed E-state index contributed by atoms with van der Waals surface area (Å²) >= 11 is 12.4. The number of benzene rings is 4. The lowest BCUT2D eigenvalue weighted by Gasteiger charge is -2.13. The molecule has 8 heteroatoms. The Morgan fingerprint density at radius 1 is 0.541 bits per heavy atom. The van der Waals surface area contributed by atoms with Crippen LogP contribution in [-0.4, -0.2) is 16.1 Å². The summed E-state index contributed by atoms with van der Waals surface area (Å²) in [6.07, 6.45) is 0.